The first-order valence-electron chi connectivity index (χ1n) is 13.9. The van der Waals surface area contributed by atoms with Gasteiger partial charge < -0.3 is 24.1 Å². The highest BCUT2D eigenvalue weighted by atomic mass is 28.4. The molecule has 3 fully saturated rings. The molecule has 2 aliphatic carbocycles. The van der Waals surface area contributed by atoms with E-state index in [0.717, 1.165) is 0 Å². The number of ketones is 1. The highest BCUT2D eigenvalue weighted by Crippen LogP contribution is 2.68. The largest absolute Gasteiger partial charge is 0.453 e. The highest BCUT2D eigenvalue weighted by Gasteiger charge is 2.81. The van der Waals surface area contributed by atoms with Gasteiger partial charge in [0.05, 0.1) is 17.8 Å². The Morgan fingerprint density at radius 3 is 2.26 bits per heavy atom. The van der Waals surface area contributed by atoms with E-state index in [-0.39, 0.29) is 11.5 Å². The molecule has 0 radical (unpaired) electrons. The molecule has 0 aromatic rings. The molecule has 3 aliphatic rings. The topological polar surface area (TPSA) is 102 Å². The Morgan fingerprint density at radius 1 is 1.18 bits per heavy atom. The number of carbonyl (C=O) groups is 2. The van der Waals surface area contributed by atoms with Crippen LogP contribution in [0.3, 0.4) is 0 Å². The summed E-state index contributed by atoms with van der Waals surface area (Å²) in [6.45, 7) is 25.6. The van der Waals surface area contributed by atoms with E-state index in [0.29, 0.717) is 12.8 Å². The van der Waals surface area contributed by atoms with Crippen LogP contribution in [-0.4, -0.2) is 65.4 Å². The van der Waals surface area contributed by atoms with Gasteiger partial charge in [0.2, 0.25) is 0 Å². The molecule has 8 heteroatoms. The molecule has 1 unspecified atom stereocenters. The fraction of sp³-hybridized carbons (Fsp3) is 0.800. The fourth-order valence-corrected chi connectivity index (χ4v) is 8.90. The van der Waals surface area contributed by atoms with Gasteiger partial charge in [-0.05, 0) is 57.2 Å². The monoisotopic (exact) mass is 550 g/mol. The summed E-state index contributed by atoms with van der Waals surface area (Å²) in [4.78, 5) is 27.1. The minimum absolute atomic E-state index is 0.0935. The van der Waals surface area contributed by atoms with Crippen LogP contribution in [0.2, 0.25) is 18.1 Å². The van der Waals surface area contributed by atoms with Crippen molar-refractivity contribution in [3.05, 3.63) is 24.8 Å². The molecule has 8 atom stereocenters. The normalized spacial score (nSPS) is 43.3. The van der Waals surface area contributed by atoms with Crippen LogP contribution in [0.25, 0.3) is 0 Å². The molecule has 7 nitrogen and oxygen atoms in total. The van der Waals surface area contributed by atoms with E-state index in [1.54, 1.807) is 26.8 Å². The summed E-state index contributed by atoms with van der Waals surface area (Å²) < 4.78 is 19.5. The van der Waals surface area contributed by atoms with Gasteiger partial charge in [-0.3, -0.25) is 4.79 Å². The Labute approximate surface area is 230 Å². The summed E-state index contributed by atoms with van der Waals surface area (Å²) in [5, 5.41) is 25.0. The van der Waals surface area contributed by atoms with E-state index in [2.05, 4.69) is 40.4 Å². The van der Waals surface area contributed by atoms with Crippen LogP contribution in [0.1, 0.15) is 81.6 Å². The van der Waals surface area contributed by atoms with Gasteiger partial charge in [-0.15, -0.1) is 6.58 Å². The molecule has 0 aromatic carbocycles. The number of Topliss-reactive ketones (excluding diaryl/α,β-unsaturated/α-hetero) is 1. The number of hydrogen-bond donors (Lipinski definition) is 2. The van der Waals surface area contributed by atoms with Gasteiger partial charge >= 0.3 is 5.97 Å². The molecular formula is C30H50O7Si. The van der Waals surface area contributed by atoms with Crippen LogP contribution >= 0.6 is 0 Å². The van der Waals surface area contributed by atoms with Crippen molar-refractivity contribution in [1.29, 1.82) is 0 Å². The lowest BCUT2D eigenvalue weighted by Gasteiger charge is -2.72. The van der Waals surface area contributed by atoms with Crippen LogP contribution in [0.5, 0.6) is 0 Å². The molecule has 0 aromatic heterocycles. The third-order valence-electron chi connectivity index (χ3n) is 10.5. The molecule has 3 rings (SSSR count). The van der Waals surface area contributed by atoms with Crippen molar-refractivity contribution in [3.8, 4) is 0 Å². The Morgan fingerprint density at radius 2 is 1.76 bits per heavy atom. The second kappa shape index (κ2) is 9.37. The number of esters is 1. The first kappa shape index (κ1) is 31.2. The lowest BCUT2D eigenvalue weighted by atomic mass is 9.40. The Balaban J connectivity index is 2.33. The minimum atomic E-state index is -2.36. The van der Waals surface area contributed by atoms with Gasteiger partial charge in [-0.25, -0.2) is 4.79 Å². The third kappa shape index (κ3) is 4.30. The van der Waals surface area contributed by atoms with Crippen LogP contribution in [0.4, 0.5) is 0 Å². The van der Waals surface area contributed by atoms with E-state index < -0.39 is 71.9 Å². The second-order valence-electron chi connectivity index (χ2n) is 14.5. The maximum atomic E-state index is 14.3. The lowest BCUT2D eigenvalue weighted by molar-refractivity contribution is -0.369. The predicted molar refractivity (Wildman–Crippen MR) is 150 cm³/mol. The zero-order valence-electron chi connectivity index (χ0n) is 25.3. The number of hydrogen-bond acceptors (Lipinski definition) is 7. The van der Waals surface area contributed by atoms with Crippen molar-refractivity contribution in [2.24, 2.45) is 16.7 Å². The molecule has 1 saturated heterocycles. The zero-order valence-corrected chi connectivity index (χ0v) is 26.3. The van der Waals surface area contributed by atoms with Crippen molar-refractivity contribution in [3.63, 3.8) is 0 Å². The van der Waals surface area contributed by atoms with E-state index in [1.807, 2.05) is 20.8 Å². The number of carbonyl (C=O) groups excluding carboxylic acids is 2. The number of allylic oxidation sites excluding steroid dienone is 1. The summed E-state index contributed by atoms with van der Waals surface area (Å²) in [6.07, 6.45) is 2.54. The van der Waals surface area contributed by atoms with Crippen LogP contribution in [0, 0.1) is 16.7 Å². The first-order valence-corrected chi connectivity index (χ1v) is 16.8. The van der Waals surface area contributed by atoms with Crippen molar-refractivity contribution >= 4 is 20.1 Å². The molecular weight excluding hydrogens is 500 g/mol. The minimum Gasteiger partial charge on any atom is -0.453 e. The lowest BCUT2D eigenvalue weighted by Crippen LogP contribution is -2.87. The number of rotatable bonds is 5. The Bertz CT molecular complexity index is 1010. The van der Waals surface area contributed by atoms with Gasteiger partial charge in [0.1, 0.15) is 5.60 Å². The fourth-order valence-electron chi connectivity index (χ4n) is 7.47. The molecule has 0 amide bonds. The SMILES string of the molecule is C=C[C@@]1(C)CC(=O)[C@]2(O)[C@@]3(C)C(O[Si](C)(C)C(C)(C)C)CCC(C)(C)[C@@H]3[C@H](O)[C@H](OC(=O)C=CC)[C@@]2(C)O1. The van der Waals surface area contributed by atoms with Gasteiger partial charge in [0, 0.05) is 23.8 Å². The maximum Gasteiger partial charge on any atom is 0.330 e. The Hall–Kier alpha value is -1.32. The van der Waals surface area contributed by atoms with Crippen LogP contribution in [-0.2, 0) is 23.5 Å². The van der Waals surface area contributed by atoms with E-state index in [1.165, 1.54) is 12.2 Å². The van der Waals surface area contributed by atoms with Gasteiger partial charge in [-0.1, -0.05) is 53.7 Å². The summed E-state index contributed by atoms with van der Waals surface area (Å²) in [5.41, 5.74) is -6.73. The summed E-state index contributed by atoms with van der Waals surface area (Å²) >= 11 is 0. The molecule has 2 N–H and O–H groups in total. The molecule has 0 bridgehead atoms. The van der Waals surface area contributed by atoms with E-state index in [9.17, 15) is 19.8 Å². The first-order chi connectivity index (χ1) is 17.1. The Kier molecular flexibility index (Phi) is 7.69. The third-order valence-corrected chi connectivity index (χ3v) is 15.0. The molecule has 216 valence electrons. The van der Waals surface area contributed by atoms with E-state index >= 15 is 0 Å². The summed E-state index contributed by atoms with van der Waals surface area (Å²) in [6, 6.07) is 0. The standard InChI is InChI=1S/C30H50O7Si/c1-13-15-21(32)35-24-22(33)23-26(6,7)17-16-20(36-38(11,12)25(3,4)5)28(23,9)30(34)19(31)18-27(8,14-2)37-29(24,30)10/h13-15,20,22-24,33-34H,2,16-18H2,1,3-12H3/t20?,22-,23-,24-,27-,28-,29+,30-/m0/s1. The van der Waals surface area contributed by atoms with E-state index in [4.69, 9.17) is 13.9 Å². The average Bonchev–Trinajstić information content (AvgIpc) is 2.76. The summed E-state index contributed by atoms with van der Waals surface area (Å²) in [7, 11) is -2.36. The van der Waals surface area contributed by atoms with Crippen LogP contribution in [0.15, 0.2) is 24.8 Å². The highest BCUT2D eigenvalue weighted by molar-refractivity contribution is 6.74. The number of aliphatic hydroxyl groups excluding tert-OH is 1. The average molecular weight is 551 g/mol. The number of fused-ring (bicyclic) bond motifs is 3. The summed E-state index contributed by atoms with van der Waals surface area (Å²) in [5.74, 6) is -1.71. The van der Waals surface area contributed by atoms with Crippen LogP contribution < -0.4 is 0 Å². The smallest absolute Gasteiger partial charge is 0.330 e. The molecule has 2 saturated carbocycles. The number of aliphatic hydroxyl groups is 2. The number of ether oxygens (including phenoxy) is 2. The van der Waals surface area contributed by atoms with Gasteiger partial charge in [-0.2, -0.15) is 0 Å². The maximum absolute atomic E-state index is 14.3. The van der Waals surface area contributed by atoms with Crippen molar-refractivity contribution in [2.75, 3.05) is 0 Å². The molecule has 38 heavy (non-hydrogen) atoms. The predicted octanol–water partition coefficient (Wildman–Crippen LogP) is 5.11. The van der Waals surface area contributed by atoms with Gasteiger partial charge in [0.15, 0.2) is 25.8 Å². The van der Waals surface area contributed by atoms with Gasteiger partial charge in [0.25, 0.3) is 0 Å². The van der Waals surface area contributed by atoms with Crippen molar-refractivity contribution in [2.45, 2.75) is 135 Å². The molecule has 0 spiro atoms. The second-order valence-corrected chi connectivity index (χ2v) is 19.3. The molecule has 1 aliphatic heterocycles. The molecule has 1 heterocycles. The zero-order chi connectivity index (χ0) is 29.3. The van der Waals surface area contributed by atoms with Crippen molar-refractivity contribution < 1.29 is 33.7 Å². The van der Waals surface area contributed by atoms with Crippen molar-refractivity contribution in [1.82, 2.24) is 0 Å². The quantitative estimate of drug-likeness (QED) is 0.212.